The van der Waals surface area contributed by atoms with Crippen LogP contribution in [-0.2, 0) is 0 Å². The maximum absolute atomic E-state index is 3.72. The molecular weight excluding hydrogens is 238 g/mol. The van der Waals surface area contributed by atoms with E-state index in [9.17, 15) is 0 Å². The summed E-state index contributed by atoms with van der Waals surface area (Å²) >= 11 is 7.45. The molecule has 0 rings (SSSR count). The van der Waals surface area contributed by atoms with E-state index in [1.54, 1.807) is 0 Å². The average molecular weight is 245 g/mol. The molecule has 0 aliphatic carbocycles. The van der Waals surface area contributed by atoms with Crippen molar-refractivity contribution >= 4 is 101 Å². The first kappa shape index (κ1) is 16.1. The van der Waals surface area contributed by atoms with E-state index in [1.165, 1.54) is 19.7 Å². The van der Waals surface area contributed by atoms with Gasteiger partial charge in [0.1, 0.15) is 0 Å². The molecule has 0 aliphatic heterocycles. The second-order valence-corrected chi connectivity index (χ2v) is 4.02. The van der Waals surface area contributed by atoms with Crippen LogP contribution in [0.4, 0.5) is 0 Å². The van der Waals surface area contributed by atoms with Crippen LogP contribution in [0.2, 0.25) is 0 Å². The van der Waals surface area contributed by atoms with Gasteiger partial charge in [0.2, 0.25) is 0 Å². The molecular formula is H7CaGaS4. The molecule has 6 heavy (non-hydrogen) atoms. The van der Waals surface area contributed by atoms with Crippen molar-refractivity contribution in [1.82, 2.24) is 0 Å². The minimum atomic E-state index is 0. The van der Waals surface area contributed by atoms with Gasteiger partial charge in [-0.1, -0.05) is 23.3 Å². The summed E-state index contributed by atoms with van der Waals surface area (Å²) in [5.74, 6) is 0. The molecule has 0 N–H and O–H groups in total. The third-order valence-corrected chi connectivity index (χ3v) is 2.70. The molecule has 0 bridgehead atoms. The molecule has 0 nitrogen and oxygen atoms in total. The second kappa shape index (κ2) is 15.7. The Morgan fingerprint density at radius 1 is 1.00 bits per heavy atom. The summed E-state index contributed by atoms with van der Waals surface area (Å²) in [7, 11) is 2.66. The van der Waals surface area contributed by atoms with E-state index >= 15 is 0 Å². The Balaban J connectivity index is -0.0000000450. The summed E-state index contributed by atoms with van der Waals surface area (Å²) in [6, 6.07) is 0. The molecule has 0 heterocycles. The van der Waals surface area contributed by atoms with Crippen LogP contribution >= 0.6 is 43.0 Å². The number of hydrogen-bond acceptors (Lipinski definition) is 4. The molecule has 0 radical (unpaired) electrons. The van der Waals surface area contributed by atoms with Crippen LogP contribution in [0.3, 0.4) is 0 Å². The summed E-state index contributed by atoms with van der Waals surface area (Å²) < 4.78 is 0. The Morgan fingerprint density at radius 3 is 1.17 bits per heavy atom. The monoisotopic (exact) mass is 244 g/mol. The molecule has 0 unspecified atom stereocenters. The van der Waals surface area contributed by atoms with Crippen LogP contribution in [0.25, 0.3) is 0 Å². The van der Waals surface area contributed by atoms with E-state index in [0.717, 1.165) is 0 Å². The number of hydrogen-bond donors (Lipinski definition) is 2. The van der Waals surface area contributed by atoms with E-state index in [4.69, 9.17) is 0 Å². The van der Waals surface area contributed by atoms with Gasteiger partial charge in [0.25, 0.3) is 0 Å². The van der Waals surface area contributed by atoms with Crippen molar-refractivity contribution in [2.75, 3.05) is 0 Å². The normalized spacial score (nSPS) is 5.00. The molecule has 0 atom stereocenters. The molecule has 0 saturated carbocycles. The Kier molecular flexibility index (Phi) is 42.4. The predicted molar refractivity (Wildman–Crippen MR) is 51.6 cm³/mol. The topological polar surface area (TPSA) is 0 Å². The van der Waals surface area contributed by atoms with E-state index in [0.29, 0.717) is 0 Å². The zero-order valence-corrected chi connectivity index (χ0v) is 5.13. The summed E-state index contributed by atoms with van der Waals surface area (Å²) in [6.07, 6.45) is 0. The fourth-order valence-electron chi connectivity index (χ4n) is 0. The zero-order valence-electron chi connectivity index (χ0n) is 1.71. The minimum absolute atomic E-state index is 0. The van der Waals surface area contributed by atoms with Gasteiger partial charge in [0.15, 0.2) is 0 Å². The van der Waals surface area contributed by atoms with Crippen molar-refractivity contribution in [2.24, 2.45) is 0 Å². The Morgan fingerprint density at radius 2 is 1.17 bits per heavy atom. The summed E-state index contributed by atoms with van der Waals surface area (Å²) in [6.45, 7) is 0. The molecule has 0 amide bonds. The quantitative estimate of drug-likeness (QED) is 0.378. The van der Waals surface area contributed by atoms with Crippen molar-refractivity contribution in [3.8, 4) is 0 Å². The van der Waals surface area contributed by atoms with Crippen LogP contribution in [0.1, 0.15) is 0 Å². The first-order valence-corrected chi connectivity index (χ1v) is 4.79. The molecule has 36 valence electrons. The molecule has 0 aromatic rings. The van der Waals surface area contributed by atoms with E-state index in [-0.39, 0.29) is 57.5 Å². The number of rotatable bonds is 1. The van der Waals surface area contributed by atoms with Crippen molar-refractivity contribution in [2.45, 2.75) is 0 Å². The van der Waals surface area contributed by atoms with Crippen LogP contribution in [-0.4, -0.2) is 57.5 Å². The van der Waals surface area contributed by atoms with Crippen molar-refractivity contribution in [3.05, 3.63) is 0 Å². The zero-order chi connectivity index (χ0) is 3.41. The van der Waals surface area contributed by atoms with Crippen LogP contribution in [0, 0.1) is 0 Å². The number of thiol groups is 2. The summed E-state index contributed by atoms with van der Waals surface area (Å²) in [5, 5.41) is 0. The van der Waals surface area contributed by atoms with Crippen LogP contribution in [0.5, 0.6) is 0 Å². The third kappa shape index (κ3) is 15.7. The Bertz CT molecular complexity index is 9.51. The molecule has 0 fully saturated rings. The molecule has 6 heteroatoms. The van der Waals surface area contributed by atoms with E-state index < -0.39 is 0 Å². The average Bonchev–Trinajstić information content (AvgIpc) is 1.37. The Hall–Kier alpha value is 3.30. The van der Waals surface area contributed by atoms with Gasteiger partial charge in [-0.2, -0.15) is 0 Å². The van der Waals surface area contributed by atoms with Gasteiger partial charge >= 0.3 is 57.5 Å². The molecule has 0 spiro atoms. The SMILES string of the molecule is SSSS.[CaH2].[GaH3]. The van der Waals surface area contributed by atoms with Gasteiger partial charge in [0, 0.05) is 0 Å². The van der Waals surface area contributed by atoms with E-state index in [1.807, 2.05) is 0 Å². The molecule has 0 saturated heterocycles. The molecule has 0 aromatic carbocycles. The van der Waals surface area contributed by atoms with Crippen molar-refractivity contribution in [3.63, 3.8) is 0 Å². The van der Waals surface area contributed by atoms with Gasteiger partial charge in [-0.15, -0.1) is 0 Å². The van der Waals surface area contributed by atoms with Crippen LogP contribution < -0.4 is 0 Å². The second-order valence-electron chi connectivity index (χ2n) is 0.149. The van der Waals surface area contributed by atoms with E-state index in [2.05, 4.69) is 23.3 Å². The Labute approximate surface area is 98.4 Å². The van der Waals surface area contributed by atoms with Gasteiger partial charge in [-0.25, -0.2) is 0 Å². The first-order chi connectivity index (χ1) is 1.91. The van der Waals surface area contributed by atoms with Crippen molar-refractivity contribution < 1.29 is 0 Å². The fraction of sp³-hybridized carbons (Fsp3) is 0. The van der Waals surface area contributed by atoms with Gasteiger partial charge in [-0.05, 0) is 19.7 Å². The summed E-state index contributed by atoms with van der Waals surface area (Å²) in [4.78, 5) is 0. The third-order valence-electron chi connectivity index (χ3n) is 0.0333. The van der Waals surface area contributed by atoms with Crippen molar-refractivity contribution in [1.29, 1.82) is 0 Å². The summed E-state index contributed by atoms with van der Waals surface area (Å²) in [5.41, 5.74) is 0. The van der Waals surface area contributed by atoms with Crippen LogP contribution in [0.15, 0.2) is 0 Å². The maximum atomic E-state index is 3.72. The standard InChI is InChI=1S/Ca.Ga.H2S4.5H/c;;1-3-4-2;;;;;/h;;1-2H;;;;;. The van der Waals surface area contributed by atoms with Gasteiger partial charge in [-0.3, -0.25) is 0 Å². The molecule has 0 aliphatic rings. The fourth-order valence-corrected chi connectivity index (χ4v) is 0. The predicted octanol–water partition coefficient (Wildman–Crippen LogP) is -0.0427. The molecule has 0 aromatic heterocycles. The van der Waals surface area contributed by atoms with Gasteiger partial charge < -0.3 is 0 Å². The van der Waals surface area contributed by atoms with Gasteiger partial charge in [0.05, 0.1) is 0 Å². The first-order valence-electron chi connectivity index (χ1n) is 0.532.